The molecule has 4 rings (SSSR count). The van der Waals surface area contributed by atoms with Gasteiger partial charge in [-0.2, -0.15) is 5.10 Å². The molecular weight excluding hydrogens is 362 g/mol. The fourth-order valence-electron chi connectivity index (χ4n) is 2.52. The first kappa shape index (κ1) is 16.8. The molecule has 0 spiro atoms. The van der Waals surface area contributed by atoms with Gasteiger partial charge < -0.3 is 4.42 Å². The van der Waals surface area contributed by atoms with Gasteiger partial charge in [0, 0.05) is 16.8 Å². The van der Waals surface area contributed by atoms with Crippen molar-refractivity contribution in [3.05, 3.63) is 86.9 Å². The summed E-state index contributed by atoms with van der Waals surface area (Å²) < 4.78 is 7.41. The van der Waals surface area contributed by atoms with E-state index in [0.29, 0.717) is 0 Å². The number of thiazole rings is 1. The van der Waals surface area contributed by atoms with E-state index >= 15 is 0 Å². The molecule has 0 aliphatic carbocycles. The smallest absolute Gasteiger partial charge is 0.206 e. The molecule has 3 aromatic heterocycles. The molecule has 26 heavy (non-hydrogen) atoms. The van der Waals surface area contributed by atoms with Gasteiger partial charge in [0.15, 0.2) is 5.76 Å². The van der Waals surface area contributed by atoms with E-state index in [-0.39, 0.29) is 0 Å². The van der Waals surface area contributed by atoms with Crippen LogP contribution in [0.2, 0.25) is 0 Å². The summed E-state index contributed by atoms with van der Waals surface area (Å²) in [7, 11) is 0. The summed E-state index contributed by atoms with van der Waals surface area (Å²) in [5, 5.41) is 8.72. The van der Waals surface area contributed by atoms with Crippen LogP contribution in [0.4, 0.5) is 0 Å². The molecule has 4 aromatic rings. The molecule has 4 nitrogen and oxygen atoms in total. The normalized spacial score (nSPS) is 12.2. The molecule has 0 saturated heterocycles. The number of aromatic nitrogens is 1. The van der Waals surface area contributed by atoms with Gasteiger partial charge in [0.2, 0.25) is 4.80 Å². The summed E-state index contributed by atoms with van der Waals surface area (Å²) >= 11 is 3.23. The van der Waals surface area contributed by atoms with E-state index in [1.165, 1.54) is 5.56 Å². The van der Waals surface area contributed by atoms with E-state index in [1.54, 1.807) is 28.9 Å². The number of benzene rings is 1. The molecule has 0 radical (unpaired) electrons. The molecule has 0 fully saturated rings. The highest BCUT2D eigenvalue weighted by Crippen LogP contribution is 2.20. The van der Waals surface area contributed by atoms with Gasteiger partial charge >= 0.3 is 0 Å². The second kappa shape index (κ2) is 8.12. The minimum atomic E-state index is 0.719. The Labute approximate surface area is 159 Å². The number of nitrogens with zero attached hydrogens (tertiary/aromatic N) is 3. The maximum atomic E-state index is 5.56. The zero-order chi connectivity index (χ0) is 17.6. The Morgan fingerprint density at radius 2 is 1.92 bits per heavy atom. The van der Waals surface area contributed by atoms with E-state index in [0.717, 1.165) is 34.1 Å². The summed E-state index contributed by atoms with van der Waals surface area (Å²) in [5.74, 6) is 0.786. The van der Waals surface area contributed by atoms with Crippen molar-refractivity contribution in [3.8, 4) is 11.5 Å². The number of thiophene rings is 1. The van der Waals surface area contributed by atoms with E-state index in [9.17, 15) is 0 Å². The maximum absolute atomic E-state index is 5.56. The summed E-state index contributed by atoms with van der Waals surface area (Å²) in [5.41, 5.74) is 2.19. The van der Waals surface area contributed by atoms with Gasteiger partial charge in [-0.3, -0.25) is 4.99 Å². The Morgan fingerprint density at radius 3 is 2.69 bits per heavy atom. The molecule has 0 atom stereocenters. The maximum Gasteiger partial charge on any atom is 0.206 e. The first-order chi connectivity index (χ1) is 12.9. The number of hydrogen-bond donors (Lipinski definition) is 0. The van der Waals surface area contributed by atoms with Crippen molar-refractivity contribution < 1.29 is 4.42 Å². The number of hydrogen-bond acceptors (Lipinski definition) is 5. The highest BCUT2D eigenvalue weighted by atomic mass is 32.1. The van der Waals surface area contributed by atoms with Crippen LogP contribution in [-0.2, 0) is 6.42 Å². The van der Waals surface area contributed by atoms with Crippen LogP contribution in [0.15, 0.2) is 86.1 Å². The molecule has 0 N–H and O–H groups in total. The predicted octanol–water partition coefficient (Wildman–Crippen LogP) is 4.90. The third-order valence-corrected chi connectivity index (χ3v) is 5.45. The van der Waals surface area contributed by atoms with Gasteiger partial charge in [-0.05, 0) is 35.6 Å². The summed E-state index contributed by atoms with van der Waals surface area (Å²) in [6, 6.07) is 18.3. The lowest BCUT2D eigenvalue weighted by atomic mass is 10.2. The summed E-state index contributed by atoms with van der Waals surface area (Å²) in [6.45, 7) is 0.719. The molecule has 0 unspecified atom stereocenters. The molecule has 0 bridgehead atoms. The first-order valence-electron chi connectivity index (χ1n) is 8.27. The molecule has 0 saturated carbocycles. The average molecular weight is 380 g/mol. The highest BCUT2D eigenvalue weighted by Gasteiger charge is 2.09. The van der Waals surface area contributed by atoms with Gasteiger partial charge in [0.25, 0.3) is 0 Å². The van der Waals surface area contributed by atoms with Crippen molar-refractivity contribution in [3.63, 3.8) is 0 Å². The fourth-order valence-corrected chi connectivity index (χ4v) is 3.94. The molecule has 0 aliphatic heterocycles. The molecule has 0 aliphatic rings. The van der Waals surface area contributed by atoms with Gasteiger partial charge in [-0.1, -0.05) is 36.4 Å². The van der Waals surface area contributed by atoms with Crippen molar-refractivity contribution in [2.45, 2.75) is 6.42 Å². The quantitative estimate of drug-likeness (QED) is 0.440. The van der Waals surface area contributed by atoms with Gasteiger partial charge in [-0.25, -0.2) is 4.68 Å². The van der Waals surface area contributed by atoms with Crippen LogP contribution in [0, 0.1) is 0 Å². The average Bonchev–Trinajstić information content (AvgIpc) is 3.42. The zero-order valence-corrected chi connectivity index (χ0v) is 15.6. The lowest BCUT2D eigenvalue weighted by Gasteiger charge is -2.00. The highest BCUT2D eigenvalue weighted by molar-refractivity contribution is 7.11. The molecule has 0 amide bonds. The number of furan rings is 1. The second-order valence-corrected chi connectivity index (χ2v) is 7.39. The Morgan fingerprint density at radius 1 is 1.00 bits per heavy atom. The minimum Gasteiger partial charge on any atom is -0.463 e. The third-order valence-electron chi connectivity index (χ3n) is 3.79. The van der Waals surface area contributed by atoms with Crippen LogP contribution in [0.3, 0.4) is 0 Å². The largest absolute Gasteiger partial charge is 0.463 e. The Balaban J connectivity index is 1.64. The summed E-state index contributed by atoms with van der Waals surface area (Å²) in [6.07, 6.45) is 4.44. The van der Waals surface area contributed by atoms with Gasteiger partial charge in [-0.15, -0.1) is 22.7 Å². The monoisotopic (exact) mass is 379 g/mol. The lowest BCUT2D eigenvalue weighted by molar-refractivity contribution is 0.575. The molecule has 6 heteroatoms. The van der Waals surface area contributed by atoms with Crippen LogP contribution < -0.4 is 4.80 Å². The SMILES string of the molecule is C(=Nn1c(-c2ccco2)csc1=NCCc1ccccc1)c1cccs1. The number of rotatable bonds is 6. The van der Waals surface area contributed by atoms with Crippen molar-refractivity contribution in [2.75, 3.05) is 6.54 Å². The van der Waals surface area contributed by atoms with Gasteiger partial charge in [0.1, 0.15) is 5.69 Å². The standard InChI is InChI=1S/C20H17N3OS2/c1-2-6-16(7-3-1)10-11-21-20-23(22-14-17-8-5-13-25-17)18(15-26-20)19-9-4-12-24-19/h1-9,12-15H,10-11H2. The first-order valence-corrected chi connectivity index (χ1v) is 10.0. The minimum absolute atomic E-state index is 0.719. The Kier molecular flexibility index (Phi) is 5.23. The van der Waals surface area contributed by atoms with Crippen LogP contribution in [0.1, 0.15) is 10.4 Å². The van der Waals surface area contributed by atoms with Crippen LogP contribution >= 0.6 is 22.7 Å². The molecule has 130 valence electrons. The Hall–Kier alpha value is -2.70. The molecule has 1 aromatic carbocycles. The van der Waals surface area contributed by atoms with Crippen molar-refractivity contribution in [1.82, 2.24) is 4.68 Å². The predicted molar refractivity (Wildman–Crippen MR) is 108 cm³/mol. The van der Waals surface area contributed by atoms with E-state index in [2.05, 4.69) is 29.4 Å². The molecule has 3 heterocycles. The second-order valence-electron chi connectivity index (χ2n) is 5.57. The van der Waals surface area contributed by atoms with Crippen LogP contribution in [0.5, 0.6) is 0 Å². The fraction of sp³-hybridized carbons (Fsp3) is 0.100. The van der Waals surface area contributed by atoms with Crippen molar-refractivity contribution in [2.24, 2.45) is 10.1 Å². The topological polar surface area (TPSA) is 42.8 Å². The van der Waals surface area contributed by atoms with Crippen LogP contribution in [-0.4, -0.2) is 17.4 Å². The lowest BCUT2D eigenvalue weighted by Crippen LogP contribution is -2.13. The molecular formula is C20H17N3OS2. The van der Waals surface area contributed by atoms with Crippen LogP contribution in [0.25, 0.3) is 11.5 Å². The van der Waals surface area contributed by atoms with Crippen molar-refractivity contribution in [1.29, 1.82) is 0 Å². The van der Waals surface area contributed by atoms with E-state index < -0.39 is 0 Å². The Bertz CT molecular complexity index is 1030. The van der Waals surface area contributed by atoms with E-state index in [4.69, 9.17) is 9.41 Å². The third kappa shape index (κ3) is 3.92. The zero-order valence-electron chi connectivity index (χ0n) is 14.0. The van der Waals surface area contributed by atoms with Gasteiger partial charge in [0.05, 0.1) is 12.5 Å². The van der Waals surface area contributed by atoms with Crippen molar-refractivity contribution >= 4 is 28.9 Å². The summed E-state index contributed by atoms with van der Waals surface area (Å²) in [4.78, 5) is 6.72. The van der Waals surface area contributed by atoms with E-state index in [1.807, 2.05) is 52.0 Å².